The standard InChI is InChI=1S/C25H24FN3O3S/c1-3-23(25(32)28-18-13-11-17(12-14-18)27-16(2)30)33-20-8-6-7-19(15-20)29-24(31)21-9-4-5-10-22(21)26/h4-15,23H,3H2,1-2H3,(H,27,30)(H,28,32)(H,29,31). The topological polar surface area (TPSA) is 87.3 Å². The Bertz CT molecular complexity index is 1150. The number of carbonyl (C=O) groups is 3. The van der Waals surface area contributed by atoms with E-state index in [2.05, 4.69) is 16.0 Å². The van der Waals surface area contributed by atoms with Crippen LogP contribution >= 0.6 is 11.8 Å². The zero-order valence-corrected chi connectivity index (χ0v) is 19.0. The molecule has 0 spiro atoms. The van der Waals surface area contributed by atoms with Crippen LogP contribution in [0.1, 0.15) is 30.6 Å². The summed E-state index contributed by atoms with van der Waals surface area (Å²) < 4.78 is 13.9. The number of halogens is 1. The van der Waals surface area contributed by atoms with Gasteiger partial charge >= 0.3 is 0 Å². The van der Waals surface area contributed by atoms with E-state index in [1.54, 1.807) is 48.5 Å². The van der Waals surface area contributed by atoms with Crippen LogP contribution in [0.15, 0.2) is 77.7 Å². The Morgan fingerprint density at radius 1 is 0.848 bits per heavy atom. The Morgan fingerprint density at radius 3 is 2.15 bits per heavy atom. The Kier molecular flexibility index (Phi) is 8.21. The van der Waals surface area contributed by atoms with Crippen LogP contribution in [0.2, 0.25) is 0 Å². The lowest BCUT2D eigenvalue weighted by Gasteiger charge is -2.16. The van der Waals surface area contributed by atoms with Crippen LogP contribution in [0.25, 0.3) is 0 Å². The molecular formula is C25H24FN3O3S. The molecule has 0 saturated carbocycles. The molecule has 3 aromatic carbocycles. The summed E-state index contributed by atoms with van der Waals surface area (Å²) in [5.74, 6) is -1.45. The van der Waals surface area contributed by atoms with Crippen LogP contribution in [0, 0.1) is 5.82 Å². The van der Waals surface area contributed by atoms with E-state index in [0.29, 0.717) is 23.5 Å². The second kappa shape index (κ2) is 11.3. The summed E-state index contributed by atoms with van der Waals surface area (Å²) in [6, 6.07) is 19.7. The normalized spacial score (nSPS) is 11.4. The van der Waals surface area contributed by atoms with Gasteiger partial charge < -0.3 is 16.0 Å². The number of anilines is 3. The van der Waals surface area contributed by atoms with E-state index in [9.17, 15) is 18.8 Å². The molecule has 1 atom stereocenters. The molecule has 0 radical (unpaired) electrons. The number of thioether (sulfide) groups is 1. The van der Waals surface area contributed by atoms with E-state index < -0.39 is 11.7 Å². The van der Waals surface area contributed by atoms with Crippen LogP contribution in [-0.4, -0.2) is 23.0 Å². The van der Waals surface area contributed by atoms with Crippen molar-refractivity contribution in [3.8, 4) is 0 Å². The summed E-state index contributed by atoms with van der Waals surface area (Å²) in [5.41, 5.74) is 1.75. The van der Waals surface area contributed by atoms with E-state index in [1.165, 1.54) is 36.9 Å². The van der Waals surface area contributed by atoms with Gasteiger partial charge in [-0.25, -0.2) is 4.39 Å². The van der Waals surface area contributed by atoms with Crippen molar-refractivity contribution in [2.24, 2.45) is 0 Å². The molecule has 3 N–H and O–H groups in total. The van der Waals surface area contributed by atoms with E-state index in [0.717, 1.165) is 4.90 Å². The SMILES string of the molecule is CCC(Sc1cccc(NC(=O)c2ccccc2F)c1)C(=O)Nc1ccc(NC(C)=O)cc1. The van der Waals surface area contributed by atoms with Gasteiger partial charge in [0.25, 0.3) is 5.91 Å². The molecule has 8 heteroatoms. The van der Waals surface area contributed by atoms with Gasteiger partial charge in [-0.05, 0) is 61.0 Å². The summed E-state index contributed by atoms with van der Waals surface area (Å²) in [4.78, 5) is 37.1. The molecular weight excluding hydrogens is 441 g/mol. The number of hydrogen-bond acceptors (Lipinski definition) is 4. The quantitative estimate of drug-likeness (QED) is 0.381. The summed E-state index contributed by atoms with van der Waals surface area (Å²) in [6.07, 6.45) is 0.590. The monoisotopic (exact) mass is 465 g/mol. The maximum Gasteiger partial charge on any atom is 0.258 e. The molecule has 0 aliphatic rings. The van der Waals surface area contributed by atoms with Gasteiger partial charge in [0.15, 0.2) is 0 Å². The smallest absolute Gasteiger partial charge is 0.258 e. The molecule has 0 fully saturated rings. The van der Waals surface area contributed by atoms with Crippen LogP contribution < -0.4 is 16.0 Å². The maximum absolute atomic E-state index is 13.9. The molecule has 3 amide bonds. The number of hydrogen-bond donors (Lipinski definition) is 3. The molecule has 1 unspecified atom stereocenters. The minimum atomic E-state index is -0.589. The highest BCUT2D eigenvalue weighted by molar-refractivity contribution is 8.00. The molecule has 170 valence electrons. The summed E-state index contributed by atoms with van der Waals surface area (Å²) in [7, 11) is 0. The van der Waals surface area contributed by atoms with Crippen molar-refractivity contribution in [2.45, 2.75) is 30.4 Å². The predicted octanol–water partition coefficient (Wildman–Crippen LogP) is 5.55. The molecule has 33 heavy (non-hydrogen) atoms. The van der Waals surface area contributed by atoms with Crippen molar-refractivity contribution < 1.29 is 18.8 Å². The summed E-state index contributed by atoms with van der Waals surface area (Å²) in [5, 5.41) is 7.89. The molecule has 0 aliphatic carbocycles. The lowest BCUT2D eigenvalue weighted by molar-refractivity contribution is -0.116. The molecule has 6 nitrogen and oxygen atoms in total. The fourth-order valence-electron chi connectivity index (χ4n) is 3.04. The number of amides is 3. The van der Waals surface area contributed by atoms with E-state index >= 15 is 0 Å². The largest absolute Gasteiger partial charge is 0.326 e. The first-order valence-corrected chi connectivity index (χ1v) is 11.2. The Balaban J connectivity index is 1.63. The zero-order valence-electron chi connectivity index (χ0n) is 18.2. The van der Waals surface area contributed by atoms with Gasteiger partial charge in [-0.2, -0.15) is 0 Å². The van der Waals surface area contributed by atoms with Crippen molar-refractivity contribution in [2.75, 3.05) is 16.0 Å². The van der Waals surface area contributed by atoms with Crippen molar-refractivity contribution in [1.82, 2.24) is 0 Å². The van der Waals surface area contributed by atoms with Gasteiger partial charge in [0.05, 0.1) is 10.8 Å². The summed E-state index contributed by atoms with van der Waals surface area (Å²) >= 11 is 1.37. The van der Waals surface area contributed by atoms with Gasteiger partial charge in [0, 0.05) is 28.9 Å². The number of rotatable bonds is 8. The zero-order chi connectivity index (χ0) is 23.8. The van der Waals surface area contributed by atoms with Crippen molar-refractivity contribution >= 4 is 46.5 Å². The first-order chi connectivity index (χ1) is 15.9. The van der Waals surface area contributed by atoms with Crippen LogP contribution in [0.3, 0.4) is 0 Å². The lowest BCUT2D eigenvalue weighted by atomic mass is 10.2. The van der Waals surface area contributed by atoms with Gasteiger partial charge in [-0.1, -0.05) is 25.1 Å². The third kappa shape index (κ3) is 6.92. The molecule has 0 aliphatic heterocycles. The Morgan fingerprint density at radius 2 is 1.52 bits per heavy atom. The van der Waals surface area contributed by atoms with Gasteiger partial charge in [0.1, 0.15) is 5.82 Å². The third-order valence-corrected chi connectivity index (χ3v) is 5.98. The number of carbonyl (C=O) groups excluding carboxylic acids is 3. The molecule has 3 rings (SSSR count). The van der Waals surface area contributed by atoms with E-state index in [4.69, 9.17) is 0 Å². The van der Waals surface area contributed by atoms with Crippen molar-refractivity contribution in [1.29, 1.82) is 0 Å². The van der Waals surface area contributed by atoms with Crippen molar-refractivity contribution in [3.05, 3.63) is 84.2 Å². The molecule has 0 saturated heterocycles. The minimum absolute atomic E-state index is 0.0362. The second-order valence-corrected chi connectivity index (χ2v) is 8.50. The Labute approximate surface area is 196 Å². The van der Waals surface area contributed by atoms with Crippen LogP contribution in [-0.2, 0) is 9.59 Å². The van der Waals surface area contributed by atoms with Gasteiger partial charge in [-0.15, -0.1) is 11.8 Å². The minimum Gasteiger partial charge on any atom is -0.326 e. The first-order valence-electron chi connectivity index (χ1n) is 10.4. The highest BCUT2D eigenvalue weighted by atomic mass is 32.2. The van der Waals surface area contributed by atoms with Crippen LogP contribution in [0.4, 0.5) is 21.5 Å². The van der Waals surface area contributed by atoms with E-state index in [1.807, 2.05) is 13.0 Å². The molecule has 3 aromatic rings. The van der Waals surface area contributed by atoms with Gasteiger partial charge in [-0.3, -0.25) is 14.4 Å². The van der Waals surface area contributed by atoms with Crippen molar-refractivity contribution in [3.63, 3.8) is 0 Å². The third-order valence-electron chi connectivity index (χ3n) is 4.62. The highest BCUT2D eigenvalue weighted by Gasteiger charge is 2.19. The fraction of sp³-hybridized carbons (Fsp3) is 0.160. The number of nitrogens with one attached hydrogen (secondary N) is 3. The lowest BCUT2D eigenvalue weighted by Crippen LogP contribution is -2.24. The summed E-state index contributed by atoms with van der Waals surface area (Å²) in [6.45, 7) is 3.35. The van der Waals surface area contributed by atoms with Gasteiger partial charge in [0.2, 0.25) is 11.8 Å². The Hall–Kier alpha value is -3.65. The highest BCUT2D eigenvalue weighted by Crippen LogP contribution is 2.29. The first kappa shape index (κ1) is 24.0. The average molecular weight is 466 g/mol. The van der Waals surface area contributed by atoms with Crippen LogP contribution in [0.5, 0.6) is 0 Å². The second-order valence-electron chi connectivity index (χ2n) is 7.22. The maximum atomic E-state index is 13.9. The molecule has 0 heterocycles. The predicted molar refractivity (Wildman–Crippen MR) is 130 cm³/mol. The number of benzene rings is 3. The molecule has 0 bridgehead atoms. The van der Waals surface area contributed by atoms with E-state index in [-0.39, 0.29) is 22.6 Å². The molecule has 0 aromatic heterocycles. The fourth-order valence-corrected chi connectivity index (χ4v) is 4.05. The average Bonchev–Trinajstić information content (AvgIpc) is 2.79.